The van der Waals surface area contributed by atoms with Crippen LogP contribution in [0.25, 0.3) is 0 Å². The molecule has 0 fully saturated rings. The van der Waals surface area contributed by atoms with Crippen molar-refractivity contribution in [2.24, 2.45) is 10.7 Å². The molecular formula is C12H26N4O2. The highest BCUT2D eigenvalue weighted by molar-refractivity contribution is 5.31. The first-order valence-electron chi connectivity index (χ1n) is 6.15. The zero-order chi connectivity index (χ0) is 14.1. The number of rotatable bonds is 9. The van der Waals surface area contributed by atoms with Gasteiger partial charge in [0.05, 0.1) is 0 Å². The highest BCUT2D eigenvalue weighted by Crippen LogP contribution is 2.06. The number of hydrogen-bond acceptors (Lipinski definition) is 6. The van der Waals surface area contributed by atoms with Crippen LogP contribution in [-0.2, 0) is 4.74 Å². The lowest BCUT2D eigenvalue weighted by atomic mass is 10.1. The molecule has 0 aromatic carbocycles. The molecule has 0 bridgehead atoms. The summed E-state index contributed by atoms with van der Waals surface area (Å²) in [5, 5.41) is 15.4. The van der Waals surface area contributed by atoms with Gasteiger partial charge in [0.25, 0.3) is 0 Å². The van der Waals surface area contributed by atoms with Gasteiger partial charge in [-0.2, -0.15) is 0 Å². The average molecular weight is 258 g/mol. The normalized spacial score (nSPS) is 17.7. The maximum Gasteiger partial charge on any atom is 0.213 e. The SMILES string of the molecule is C=N/C(NC(C)CNC(O)OCC)=C(/C)C(C)N. The van der Waals surface area contributed by atoms with Crippen molar-refractivity contribution in [3.63, 3.8) is 0 Å². The molecule has 0 rings (SSSR count). The molecule has 6 heteroatoms. The van der Waals surface area contributed by atoms with Crippen LogP contribution in [-0.4, -0.2) is 43.5 Å². The minimum absolute atomic E-state index is 0.0642. The van der Waals surface area contributed by atoms with Gasteiger partial charge in [-0.3, -0.25) is 5.32 Å². The fourth-order valence-corrected chi connectivity index (χ4v) is 1.28. The van der Waals surface area contributed by atoms with E-state index >= 15 is 0 Å². The van der Waals surface area contributed by atoms with Crippen LogP contribution < -0.4 is 16.4 Å². The van der Waals surface area contributed by atoms with Gasteiger partial charge in [0.1, 0.15) is 5.82 Å². The number of hydrogen-bond donors (Lipinski definition) is 4. The summed E-state index contributed by atoms with van der Waals surface area (Å²) < 4.78 is 4.96. The lowest BCUT2D eigenvalue weighted by Crippen LogP contribution is -2.42. The van der Waals surface area contributed by atoms with E-state index in [1.54, 1.807) is 0 Å². The van der Waals surface area contributed by atoms with Crippen molar-refractivity contribution in [3.05, 3.63) is 11.4 Å². The Bertz CT molecular complexity index is 279. The van der Waals surface area contributed by atoms with E-state index in [-0.39, 0.29) is 12.1 Å². The summed E-state index contributed by atoms with van der Waals surface area (Å²) >= 11 is 0. The molecule has 0 amide bonds. The maximum atomic E-state index is 9.36. The molecule has 18 heavy (non-hydrogen) atoms. The molecule has 0 saturated heterocycles. The van der Waals surface area contributed by atoms with E-state index in [0.717, 1.165) is 5.57 Å². The maximum absolute atomic E-state index is 9.36. The molecule has 0 aliphatic rings. The van der Waals surface area contributed by atoms with Gasteiger partial charge < -0.3 is 20.9 Å². The van der Waals surface area contributed by atoms with Gasteiger partial charge in [0.2, 0.25) is 6.41 Å². The second kappa shape index (κ2) is 9.04. The molecule has 0 aromatic heterocycles. The Morgan fingerprint density at radius 2 is 2.11 bits per heavy atom. The second-order valence-corrected chi connectivity index (χ2v) is 4.24. The van der Waals surface area contributed by atoms with Gasteiger partial charge in [-0.15, -0.1) is 0 Å². The Labute approximate surface area is 109 Å². The van der Waals surface area contributed by atoms with E-state index in [1.807, 2.05) is 27.7 Å². The molecular weight excluding hydrogens is 232 g/mol. The minimum Gasteiger partial charge on any atom is -0.366 e. The molecule has 6 nitrogen and oxygen atoms in total. The fourth-order valence-electron chi connectivity index (χ4n) is 1.28. The van der Waals surface area contributed by atoms with Crippen LogP contribution in [0.3, 0.4) is 0 Å². The van der Waals surface area contributed by atoms with Crippen molar-refractivity contribution >= 4 is 6.72 Å². The third kappa shape index (κ3) is 6.70. The fraction of sp³-hybridized carbons (Fsp3) is 0.750. The highest BCUT2D eigenvalue weighted by atomic mass is 16.6. The first kappa shape index (κ1) is 17.1. The van der Waals surface area contributed by atoms with Crippen LogP contribution in [0.1, 0.15) is 27.7 Å². The highest BCUT2D eigenvalue weighted by Gasteiger charge is 2.10. The molecule has 0 radical (unpaired) electrons. The first-order valence-corrected chi connectivity index (χ1v) is 6.15. The Morgan fingerprint density at radius 1 is 1.50 bits per heavy atom. The Morgan fingerprint density at radius 3 is 2.56 bits per heavy atom. The minimum atomic E-state index is -0.946. The summed E-state index contributed by atoms with van der Waals surface area (Å²) in [6.45, 7) is 12.1. The number of ether oxygens (including phenoxy) is 1. The van der Waals surface area contributed by atoms with Crippen molar-refractivity contribution in [1.29, 1.82) is 0 Å². The number of nitrogens with zero attached hydrogens (tertiary/aromatic N) is 1. The Kier molecular flexibility index (Phi) is 8.57. The van der Waals surface area contributed by atoms with Crippen molar-refractivity contribution in [2.75, 3.05) is 13.2 Å². The van der Waals surface area contributed by atoms with Crippen LogP contribution >= 0.6 is 0 Å². The smallest absolute Gasteiger partial charge is 0.213 e. The van der Waals surface area contributed by atoms with E-state index < -0.39 is 6.41 Å². The van der Waals surface area contributed by atoms with Crippen molar-refractivity contribution in [2.45, 2.75) is 46.2 Å². The van der Waals surface area contributed by atoms with Gasteiger partial charge in [-0.1, -0.05) is 0 Å². The number of aliphatic hydroxyl groups is 1. The predicted molar refractivity (Wildman–Crippen MR) is 74.1 cm³/mol. The largest absolute Gasteiger partial charge is 0.366 e. The number of nitrogens with one attached hydrogen (secondary N) is 2. The monoisotopic (exact) mass is 258 g/mol. The van der Waals surface area contributed by atoms with Gasteiger partial charge in [-0.25, -0.2) is 4.99 Å². The average Bonchev–Trinajstić information content (AvgIpc) is 2.32. The Hall–Kier alpha value is -0.950. The zero-order valence-electron chi connectivity index (χ0n) is 11.7. The molecule has 0 heterocycles. The molecule has 5 N–H and O–H groups in total. The predicted octanol–water partition coefficient (Wildman–Crippen LogP) is 0.146. The molecule has 3 atom stereocenters. The molecule has 106 valence electrons. The van der Waals surface area contributed by atoms with E-state index in [2.05, 4.69) is 22.3 Å². The third-order valence-corrected chi connectivity index (χ3v) is 2.52. The third-order valence-electron chi connectivity index (χ3n) is 2.52. The summed E-state index contributed by atoms with van der Waals surface area (Å²) in [5.74, 6) is 0.685. The molecule has 0 aliphatic carbocycles. The van der Waals surface area contributed by atoms with E-state index in [1.165, 1.54) is 0 Å². The summed E-state index contributed by atoms with van der Waals surface area (Å²) in [4.78, 5) is 3.93. The number of nitrogens with two attached hydrogens (primary N) is 1. The number of aliphatic hydroxyl groups excluding tert-OH is 1. The number of aliphatic imine (C=N–C) groups is 1. The quantitative estimate of drug-likeness (QED) is 0.349. The van der Waals surface area contributed by atoms with Crippen molar-refractivity contribution in [3.8, 4) is 0 Å². The summed E-state index contributed by atoms with van der Waals surface area (Å²) in [6.07, 6.45) is -0.946. The summed E-state index contributed by atoms with van der Waals surface area (Å²) in [6, 6.07) is -0.0125. The van der Waals surface area contributed by atoms with E-state index in [4.69, 9.17) is 10.5 Å². The van der Waals surface area contributed by atoms with E-state index in [9.17, 15) is 5.11 Å². The van der Waals surface area contributed by atoms with Crippen molar-refractivity contribution < 1.29 is 9.84 Å². The van der Waals surface area contributed by atoms with E-state index in [0.29, 0.717) is 19.0 Å². The first-order chi connectivity index (χ1) is 8.42. The molecule has 3 unspecified atom stereocenters. The van der Waals surface area contributed by atoms with Gasteiger partial charge in [-0.05, 0) is 40.0 Å². The van der Waals surface area contributed by atoms with Crippen LogP contribution in [0.4, 0.5) is 0 Å². The lowest BCUT2D eigenvalue weighted by Gasteiger charge is -2.20. The summed E-state index contributed by atoms with van der Waals surface area (Å²) in [5.41, 5.74) is 6.74. The standard InChI is InChI=1S/C12H26N4O2/c1-6-18-12(17)15-7-8(2)16-11(14-5)9(3)10(4)13/h8,10,12,15-17H,5-7,13H2,1-4H3/b11-9+. The molecule has 0 aliphatic heterocycles. The molecule has 0 spiro atoms. The molecule has 0 saturated carbocycles. The van der Waals surface area contributed by atoms with Gasteiger partial charge in [0, 0.05) is 25.2 Å². The second-order valence-electron chi connectivity index (χ2n) is 4.24. The van der Waals surface area contributed by atoms with Crippen LogP contribution in [0.2, 0.25) is 0 Å². The lowest BCUT2D eigenvalue weighted by molar-refractivity contribution is -0.116. The van der Waals surface area contributed by atoms with Crippen LogP contribution in [0, 0.1) is 0 Å². The van der Waals surface area contributed by atoms with Crippen LogP contribution in [0.5, 0.6) is 0 Å². The Balaban J connectivity index is 4.25. The van der Waals surface area contributed by atoms with Gasteiger partial charge in [0.15, 0.2) is 0 Å². The summed E-state index contributed by atoms with van der Waals surface area (Å²) in [7, 11) is 0. The van der Waals surface area contributed by atoms with Gasteiger partial charge >= 0.3 is 0 Å². The zero-order valence-corrected chi connectivity index (χ0v) is 11.7. The molecule has 0 aromatic rings. The topological polar surface area (TPSA) is 91.9 Å². The van der Waals surface area contributed by atoms with Crippen LogP contribution in [0.15, 0.2) is 16.4 Å². The van der Waals surface area contributed by atoms with Crippen molar-refractivity contribution in [1.82, 2.24) is 10.6 Å².